The summed E-state index contributed by atoms with van der Waals surface area (Å²) in [6.07, 6.45) is 5.46. The lowest BCUT2D eigenvalue weighted by Gasteiger charge is -2.13. The zero-order valence-corrected chi connectivity index (χ0v) is 13.2. The molecule has 0 saturated heterocycles. The van der Waals surface area contributed by atoms with Crippen molar-refractivity contribution >= 4 is 11.0 Å². The highest BCUT2D eigenvalue weighted by Crippen LogP contribution is 2.27. The Kier molecular flexibility index (Phi) is 3.26. The summed E-state index contributed by atoms with van der Waals surface area (Å²) in [5.74, 6) is 2.64. The van der Waals surface area contributed by atoms with E-state index >= 15 is 0 Å². The van der Waals surface area contributed by atoms with Gasteiger partial charge in [0.25, 0.3) is 0 Å². The average Bonchev–Trinajstić information content (AvgIpc) is 3.25. The molecule has 5 heteroatoms. The summed E-state index contributed by atoms with van der Waals surface area (Å²) < 4.78 is 9.76. The van der Waals surface area contributed by atoms with Crippen LogP contribution in [0.25, 0.3) is 22.7 Å². The van der Waals surface area contributed by atoms with E-state index in [9.17, 15) is 0 Å². The summed E-state index contributed by atoms with van der Waals surface area (Å²) in [5.41, 5.74) is 2.12. The Bertz CT molecular complexity index is 931. The Labute approximate surface area is 134 Å². The molecule has 4 rings (SSSR count). The maximum Gasteiger partial charge on any atom is 0.177 e. The van der Waals surface area contributed by atoms with Crippen LogP contribution in [0.15, 0.2) is 59.5 Å². The van der Waals surface area contributed by atoms with Crippen LogP contribution >= 0.6 is 0 Å². The molecule has 0 aliphatic heterocycles. The van der Waals surface area contributed by atoms with Crippen molar-refractivity contribution in [2.24, 2.45) is 0 Å². The van der Waals surface area contributed by atoms with Crippen LogP contribution in [0, 0.1) is 0 Å². The molecule has 23 heavy (non-hydrogen) atoms. The number of hydrogen-bond acceptors (Lipinski definition) is 3. The molecule has 0 aliphatic rings. The minimum atomic E-state index is 0.297. The Morgan fingerprint density at radius 1 is 1.09 bits per heavy atom. The SMILES string of the molecule is CC(C)n1c(-c2nccn2Cc2ccco2)nc2ccccc21. The zero-order chi connectivity index (χ0) is 15.8. The Morgan fingerprint density at radius 2 is 1.96 bits per heavy atom. The van der Waals surface area contributed by atoms with Crippen molar-refractivity contribution in [3.63, 3.8) is 0 Å². The van der Waals surface area contributed by atoms with Crippen LogP contribution in [-0.2, 0) is 6.54 Å². The molecule has 0 radical (unpaired) electrons. The first-order valence-corrected chi connectivity index (χ1v) is 7.75. The van der Waals surface area contributed by atoms with Crippen LogP contribution in [0.2, 0.25) is 0 Å². The fourth-order valence-corrected chi connectivity index (χ4v) is 2.94. The first-order valence-electron chi connectivity index (χ1n) is 7.75. The molecule has 0 unspecified atom stereocenters. The van der Waals surface area contributed by atoms with Gasteiger partial charge in [0.15, 0.2) is 11.6 Å². The second-order valence-electron chi connectivity index (χ2n) is 5.85. The van der Waals surface area contributed by atoms with Gasteiger partial charge in [-0.05, 0) is 38.1 Å². The number of para-hydroxylation sites is 2. The molecular weight excluding hydrogens is 288 g/mol. The van der Waals surface area contributed by atoms with Gasteiger partial charge in [-0.1, -0.05) is 12.1 Å². The predicted molar refractivity (Wildman–Crippen MR) is 89.1 cm³/mol. The number of imidazole rings is 2. The molecule has 4 aromatic rings. The molecule has 5 nitrogen and oxygen atoms in total. The molecule has 0 amide bonds. The summed E-state index contributed by atoms with van der Waals surface area (Å²) in [6, 6.07) is 12.4. The average molecular weight is 306 g/mol. The van der Waals surface area contributed by atoms with Crippen LogP contribution in [0.4, 0.5) is 0 Å². The molecule has 0 spiro atoms. The fourth-order valence-electron chi connectivity index (χ4n) is 2.94. The number of rotatable bonds is 4. The number of aromatic nitrogens is 4. The van der Waals surface area contributed by atoms with Gasteiger partial charge in [0.05, 0.1) is 23.8 Å². The third-order valence-electron chi connectivity index (χ3n) is 3.93. The van der Waals surface area contributed by atoms with Gasteiger partial charge in [-0.2, -0.15) is 0 Å². The molecular formula is C18H18N4O. The minimum Gasteiger partial charge on any atom is -0.467 e. The van der Waals surface area contributed by atoms with E-state index in [2.05, 4.69) is 34.0 Å². The topological polar surface area (TPSA) is 48.8 Å². The Morgan fingerprint density at radius 3 is 2.74 bits per heavy atom. The van der Waals surface area contributed by atoms with Crippen molar-refractivity contribution in [2.75, 3.05) is 0 Å². The van der Waals surface area contributed by atoms with Gasteiger partial charge in [-0.25, -0.2) is 9.97 Å². The largest absolute Gasteiger partial charge is 0.467 e. The molecule has 0 fully saturated rings. The van der Waals surface area contributed by atoms with E-state index in [-0.39, 0.29) is 0 Å². The van der Waals surface area contributed by atoms with Gasteiger partial charge >= 0.3 is 0 Å². The highest BCUT2D eigenvalue weighted by Gasteiger charge is 2.18. The van der Waals surface area contributed by atoms with Crippen molar-refractivity contribution in [1.82, 2.24) is 19.1 Å². The predicted octanol–water partition coefficient (Wildman–Crippen LogP) is 4.12. The number of furan rings is 1. The smallest absolute Gasteiger partial charge is 0.177 e. The molecule has 3 heterocycles. The molecule has 0 bridgehead atoms. The van der Waals surface area contributed by atoms with E-state index in [1.807, 2.05) is 42.7 Å². The maximum atomic E-state index is 5.46. The lowest BCUT2D eigenvalue weighted by Crippen LogP contribution is -2.08. The Hall–Kier alpha value is -2.82. The van der Waals surface area contributed by atoms with Crippen LogP contribution in [0.1, 0.15) is 25.6 Å². The number of nitrogens with zero attached hydrogens (tertiary/aromatic N) is 4. The fraction of sp³-hybridized carbons (Fsp3) is 0.222. The number of fused-ring (bicyclic) bond motifs is 1. The van der Waals surface area contributed by atoms with Gasteiger partial charge in [0.1, 0.15) is 5.76 Å². The summed E-state index contributed by atoms with van der Waals surface area (Å²) in [4.78, 5) is 9.36. The van der Waals surface area contributed by atoms with Gasteiger partial charge in [0.2, 0.25) is 0 Å². The molecule has 0 N–H and O–H groups in total. The lowest BCUT2D eigenvalue weighted by atomic mass is 10.3. The highest BCUT2D eigenvalue weighted by atomic mass is 16.3. The monoisotopic (exact) mass is 306 g/mol. The molecule has 0 saturated carbocycles. The van der Waals surface area contributed by atoms with E-state index in [0.29, 0.717) is 12.6 Å². The third kappa shape index (κ3) is 2.34. The second kappa shape index (κ2) is 5.43. The first kappa shape index (κ1) is 13.8. The summed E-state index contributed by atoms with van der Waals surface area (Å²) in [5, 5.41) is 0. The number of benzene rings is 1. The van der Waals surface area contributed by atoms with Gasteiger partial charge < -0.3 is 13.6 Å². The highest BCUT2D eigenvalue weighted by molar-refractivity contribution is 5.79. The molecule has 1 aromatic carbocycles. The van der Waals surface area contributed by atoms with E-state index in [1.165, 1.54) is 0 Å². The zero-order valence-electron chi connectivity index (χ0n) is 13.2. The normalized spacial score (nSPS) is 11.6. The standard InChI is InChI=1S/C18H18N4O/c1-13(2)22-16-8-4-3-7-15(16)20-18(22)17-19-9-10-21(17)12-14-6-5-11-23-14/h3-11,13H,12H2,1-2H3. The van der Waals surface area contributed by atoms with E-state index in [0.717, 1.165) is 28.4 Å². The van der Waals surface area contributed by atoms with Crippen LogP contribution in [-0.4, -0.2) is 19.1 Å². The number of hydrogen-bond donors (Lipinski definition) is 0. The maximum absolute atomic E-state index is 5.46. The van der Waals surface area contributed by atoms with Crippen molar-refractivity contribution in [3.8, 4) is 11.6 Å². The van der Waals surface area contributed by atoms with Crippen molar-refractivity contribution in [2.45, 2.75) is 26.4 Å². The van der Waals surface area contributed by atoms with E-state index in [1.54, 1.807) is 6.26 Å². The molecule has 116 valence electrons. The van der Waals surface area contributed by atoms with Crippen molar-refractivity contribution in [1.29, 1.82) is 0 Å². The van der Waals surface area contributed by atoms with E-state index < -0.39 is 0 Å². The summed E-state index contributed by atoms with van der Waals surface area (Å²) in [6.45, 7) is 4.97. The molecule has 3 aromatic heterocycles. The van der Waals surface area contributed by atoms with Gasteiger partial charge in [-0.15, -0.1) is 0 Å². The van der Waals surface area contributed by atoms with E-state index in [4.69, 9.17) is 9.40 Å². The quantitative estimate of drug-likeness (QED) is 0.570. The summed E-state index contributed by atoms with van der Waals surface area (Å²) in [7, 11) is 0. The molecule has 0 aliphatic carbocycles. The second-order valence-corrected chi connectivity index (χ2v) is 5.85. The molecule has 0 atom stereocenters. The van der Waals surface area contributed by atoms with Crippen LogP contribution < -0.4 is 0 Å². The third-order valence-corrected chi connectivity index (χ3v) is 3.93. The van der Waals surface area contributed by atoms with Gasteiger partial charge in [-0.3, -0.25) is 0 Å². The minimum absolute atomic E-state index is 0.297. The Balaban J connectivity index is 1.87. The van der Waals surface area contributed by atoms with Gasteiger partial charge in [0, 0.05) is 18.4 Å². The van der Waals surface area contributed by atoms with Crippen LogP contribution in [0.5, 0.6) is 0 Å². The van der Waals surface area contributed by atoms with Crippen molar-refractivity contribution < 1.29 is 4.42 Å². The summed E-state index contributed by atoms with van der Waals surface area (Å²) >= 11 is 0. The van der Waals surface area contributed by atoms with Crippen molar-refractivity contribution in [3.05, 3.63) is 60.8 Å². The first-order chi connectivity index (χ1) is 11.2. The van der Waals surface area contributed by atoms with Crippen LogP contribution in [0.3, 0.4) is 0 Å². The lowest BCUT2D eigenvalue weighted by molar-refractivity contribution is 0.493.